The molecule has 2 atom stereocenters. The lowest BCUT2D eigenvalue weighted by molar-refractivity contribution is -0.147. The number of hydrogen-bond acceptors (Lipinski definition) is 5. The Morgan fingerprint density at radius 1 is 1.38 bits per heavy atom. The minimum absolute atomic E-state index is 0.0270. The van der Waals surface area contributed by atoms with Crippen LogP contribution in [0.1, 0.15) is 26.7 Å². The number of carbonyl (C=O) groups excluding carboxylic acids is 3. The van der Waals surface area contributed by atoms with Gasteiger partial charge in [-0.15, -0.1) is 0 Å². The fourth-order valence-corrected chi connectivity index (χ4v) is 2.37. The standard InChI is InChI=1S/C14H24N2O5/c1-9(2)13(19)16-6-4-5-10(7-16)12(18)15-11(8-17)14(20)21-3/h9-11,17H,4-8H2,1-3H3,(H,15,18). The van der Waals surface area contributed by atoms with Crippen molar-refractivity contribution >= 4 is 17.8 Å². The topological polar surface area (TPSA) is 95.9 Å². The van der Waals surface area contributed by atoms with Gasteiger partial charge in [0, 0.05) is 19.0 Å². The summed E-state index contributed by atoms with van der Waals surface area (Å²) in [7, 11) is 1.20. The molecule has 2 N–H and O–H groups in total. The number of hydrogen-bond donors (Lipinski definition) is 2. The third-order valence-corrected chi connectivity index (χ3v) is 3.58. The van der Waals surface area contributed by atoms with Crippen molar-refractivity contribution in [1.82, 2.24) is 10.2 Å². The van der Waals surface area contributed by atoms with Crippen molar-refractivity contribution in [1.29, 1.82) is 0 Å². The van der Waals surface area contributed by atoms with E-state index in [1.807, 2.05) is 13.8 Å². The van der Waals surface area contributed by atoms with Crippen LogP contribution in [0, 0.1) is 11.8 Å². The number of methoxy groups -OCH3 is 1. The van der Waals surface area contributed by atoms with E-state index < -0.39 is 18.6 Å². The van der Waals surface area contributed by atoms with Crippen molar-refractivity contribution in [3.8, 4) is 0 Å². The summed E-state index contributed by atoms with van der Waals surface area (Å²) in [5.41, 5.74) is 0. The summed E-state index contributed by atoms with van der Waals surface area (Å²) in [6.07, 6.45) is 1.41. The molecule has 0 aromatic carbocycles. The van der Waals surface area contributed by atoms with Crippen LogP contribution in [0.3, 0.4) is 0 Å². The normalized spacial score (nSPS) is 20.0. The molecule has 1 aliphatic rings. The Balaban J connectivity index is 2.61. The highest BCUT2D eigenvalue weighted by Crippen LogP contribution is 2.18. The summed E-state index contributed by atoms with van der Waals surface area (Å²) >= 11 is 0. The molecule has 0 radical (unpaired) electrons. The molecule has 0 saturated carbocycles. The first kappa shape index (κ1) is 17.4. The van der Waals surface area contributed by atoms with Gasteiger partial charge in [0.1, 0.15) is 0 Å². The van der Waals surface area contributed by atoms with Gasteiger partial charge >= 0.3 is 5.97 Å². The summed E-state index contributed by atoms with van der Waals surface area (Å²) in [5.74, 6) is -1.45. The van der Waals surface area contributed by atoms with Crippen LogP contribution >= 0.6 is 0 Å². The maximum Gasteiger partial charge on any atom is 0.330 e. The zero-order chi connectivity index (χ0) is 16.0. The van der Waals surface area contributed by atoms with Crippen LogP contribution < -0.4 is 5.32 Å². The van der Waals surface area contributed by atoms with Gasteiger partial charge < -0.3 is 20.1 Å². The summed E-state index contributed by atoms with van der Waals surface area (Å²) in [4.78, 5) is 37.2. The molecule has 21 heavy (non-hydrogen) atoms. The second kappa shape index (κ2) is 7.97. The number of amides is 2. The molecule has 0 aromatic rings. The van der Waals surface area contributed by atoms with Crippen LogP contribution in [0.5, 0.6) is 0 Å². The average molecular weight is 300 g/mol. The molecule has 0 bridgehead atoms. The van der Waals surface area contributed by atoms with Crippen LogP contribution in [0.2, 0.25) is 0 Å². The number of nitrogens with one attached hydrogen (secondary N) is 1. The van der Waals surface area contributed by atoms with Crippen molar-refractivity contribution in [3.05, 3.63) is 0 Å². The molecule has 2 amide bonds. The van der Waals surface area contributed by atoms with Crippen LogP contribution in [0.15, 0.2) is 0 Å². The SMILES string of the molecule is COC(=O)C(CO)NC(=O)C1CCCN(C(=O)C(C)C)C1. The number of ether oxygens (including phenoxy) is 1. The predicted molar refractivity (Wildman–Crippen MR) is 75.2 cm³/mol. The summed E-state index contributed by atoms with van der Waals surface area (Å²) in [6, 6.07) is -1.06. The summed E-state index contributed by atoms with van der Waals surface area (Å²) in [5, 5.41) is 11.6. The van der Waals surface area contributed by atoms with Gasteiger partial charge in [-0.05, 0) is 12.8 Å². The van der Waals surface area contributed by atoms with Gasteiger partial charge in [-0.1, -0.05) is 13.8 Å². The van der Waals surface area contributed by atoms with Crippen molar-refractivity contribution < 1.29 is 24.2 Å². The number of nitrogens with zero attached hydrogens (tertiary/aromatic N) is 1. The van der Waals surface area contributed by atoms with Gasteiger partial charge in [0.25, 0.3) is 0 Å². The quantitative estimate of drug-likeness (QED) is 0.669. The minimum atomic E-state index is -1.06. The van der Waals surface area contributed by atoms with E-state index in [9.17, 15) is 14.4 Å². The van der Waals surface area contributed by atoms with Gasteiger partial charge in [-0.25, -0.2) is 4.79 Å². The van der Waals surface area contributed by atoms with Gasteiger partial charge in [-0.3, -0.25) is 9.59 Å². The minimum Gasteiger partial charge on any atom is -0.467 e. The molecule has 1 heterocycles. The largest absolute Gasteiger partial charge is 0.467 e. The van der Waals surface area contributed by atoms with Gasteiger partial charge in [-0.2, -0.15) is 0 Å². The lowest BCUT2D eigenvalue weighted by Gasteiger charge is -2.33. The van der Waals surface area contributed by atoms with Crippen molar-refractivity contribution in [2.75, 3.05) is 26.8 Å². The molecule has 1 saturated heterocycles. The molecule has 0 aliphatic carbocycles. The van der Waals surface area contributed by atoms with E-state index >= 15 is 0 Å². The summed E-state index contributed by atoms with van der Waals surface area (Å²) < 4.78 is 4.50. The van der Waals surface area contributed by atoms with Crippen LogP contribution in [-0.2, 0) is 19.1 Å². The number of carbonyl (C=O) groups is 3. The Kier molecular flexibility index (Phi) is 6.61. The molecule has 1 fully saturated rings. The first-order chi connectivity index (χ1) is 9.90. The molecule has 0 spiro atoms. The van der Waals surface area contributed by atoms with Crippen molar-refractivity contribution in [2.45, 2.75) is 32.7 Å². The number of aliphatic hydroxyl groups is 1. The first-order valence-electron chi connectivity index (χ1n) is 7.18. The predicted octanol–water partition coefficient (Wildman–Crippen LogP) is -0.469. The second-order valence-electron chi connectivity index (χ2n) is 5.55. The maximum atomic E-state index is 12.2. The highest BCUT2D eigenvalue weighted by Gasteiger charge is 2.31. The van der Waals surface area contributed by atoms with Gasteiger partial charge in [0.05, 0.1) is 19.6 Å². The van der Waals surface area contributed by atoms with Crippen LogP contribution in [-0.4, -0.2) is 60.6 Å². The highest BCUT2D eigenvalue weighted by molar-refractivity contribution is 5.86. The zero-order valence-electron chi connectivity index (χ0n) is 12.8. The highest BCUT2D eigenvalue weighted by atomic mass is 16.5. The van der Waals surface area contributed by atoms with Crippen LogP contribution in [0.25, 0.3) is 0 Å². The van der Waals surface area contributed by atoms with E-state index in [1.54, 1.807) is 4.90 Å². The molecular formula is C14H24N2O5. The lowest BCUT2D eigenvalue weighted by Crippen LogP contribution is -2.51. The summed E-state index contributed by atoms with van der Waals surface area (Å²) in [6.45, 7) is 4.14. The Morgan fingerprint density at radius 3 is 2.57 bits per heavy atom. The molecule has 1 rings (SSSR count). The molecule has 7 nitrogen and oxygen atoms in total. The van der Waals surface area contributed by atoms with E-state index in [0.29, 0.717) is 19.5 Å². The number of esters is 1. The van der Waals surface area contributed by atoms with E-state index in [1.165, 1.54) is 7.11 Å². The smallest absolute Gasteiger partial charge is 0.330 e. The van der Waals surface area contributed by atoms with Gasteiger partial charge in [0.2, 0.25) is 11.8 Å². The van der Waals surface area contributed by atoms with Gasteiger partial charge in [0.15, 0.2) is 6.04 Å². The van der Waals surface area contributed by atoms with Crippen molar-refractivity contribution in [2.24, 2.45) is 11.8 Å². The number of likely N-dealkylation sites (tertiary alicyclic amines) is 1. The number of piperidine rings is 1. The second-order valence-corrected chi connectivity index (χ2v) is 5.55. The maximum absolute atomic E-state index is 12.2. The molecule has 2 unspecified atom stereocenters. The molecule has 7 heteroatoms. The lowest BCUT2D eigenvalue weighted by atomic mass is 9.96. The monoisotopic (exact) mass is 300 g/mol. The van der Waals surface area contributed by atoms with E-state index in [-0.39, 0.29) is 23.7 Å². The third kappa shape index (κ3) is 4.70. The Labute approximate surface area is 124 Å². The number of rotatable bonds is 5. The fourth-order valence-electron chi connectivity index (χ4n) is 2.37. The fraction of sp³-hybridized carbons (Fsp3) is 0.786. The average Bonchev–Trinajstić information content (AvgIpc) is 2.50. The molecule has 120 valence electrons. The van der Waals surface area contributed by atoms with Crippen LogP contribution in [0.4, 0.5) is 0 Å². The Morgan fingerprint density at radius 2 is 2.05 bits per heavy atom. The molecule has 0 aromatic heterocycles. The molecular weight excluding hydrogens is 276 g/mol. The number of aliphatic hydroxyl groups excluding tert-OH is 1. The first-order valence-corrected chi connectivity index (χ1v) is 7.18. The third-order valence-electron chi connectivity index (χ3n) is 3.58. The zero-order valence-corrected chi connectivity index (χ0v) is 12.8. The van der Waals surface area contributed by atoms with Crippen molar-refractivity contribution in [3.63, 3.8) is 0 Å². The Bertz CT molecular complexity index is 397. The van der Waals surface area contributed by atoms with E-state index in [2.05, 4.69) is 10.1 Å². The molecule has 1 aliphatic heterocycles. The van der Waals surface area contributed by atoms with E-state index in [0.717, 1.165) is 6.42 Å². The Hall–Kier alpha value is -1.63. The van der Waals surface area contributed by atoms with E-state index in [4.69, 9.17) is 5.11 Å².